The lowest BCUT2D eigenvalue weighted by molar-refractivity contribution is 0.0932. The molecule has 0 saturated carbocycles. The summed E-state index contributed by atoms with van der Waals surface area (Å²) in [7, 11) is -3.70. The average Bonchev–Trinajstić information content (AvgIpc) is 2.46. The van der Waals surface area contributed by atoms with Crippen molar-refractivity contribution >= 4 is 26.3 Å². The standard InChI is InChI=1S/C5H8BN5O4P/c7-5-9-3-2(4(12)10-5)8-1-11(3)6-16(13,14)15/h1,5,9H,7H2,(H,10,12)(H2,13,14,15). The number of aromatic nitrogens is 2. The fourth-order valence-corrected chi connectivity index (χ4v) is 1.81. The molecule has 2 heterocycles. The van der Waals surface area contributed by atoms with Crippen LogP contribution in [0.1, 0.15) is 10.5 Å². The molecule has 0 bridgehead atoms. The molecule has 1 atom stereocenters. The predicted octanol–water partition coefficient (Wildman–Crippen LogP) is -2.16. The molecule has 11 heteroatoms. The molecule has 1 radical (unpaired) electrons. The Kier molecular flexibility index (Phi) is 2.51. The van der Waals surface area contributed by atoms with E-state index in [1.165, 1.54) is 0 Å². The first-order valence-corrected chi connectivity index (χ1v) is 5.86. The van der Waals surface area contributed by atoms with Gasteiger partial charge in [0.1, 0.15) is 5.82 Å². The van der Waals surface area contributed by atoms with Gasteiger partial charge in [0.2, 0.25) is 0 Å². The number of nitrogens with zero attached hydrogens (tertiary/aromatic N) is 2. The molecule has 1 unspecified atom stereocenters. The molecule has 6 N–H and O–H groups in total. The topological polar surface area (TPSA) is 142 Å². The summed E-state index contributed by atoms with van der Waals surface area (Å²) in [6.07, 6.45) is 0.301. The van der Waals surface area contributed by atoms with E-state index in [-0.39, 0.29) is 11.5 Å². The molecule has 2 rings (SSSR count). The molecule has 1 aromatic heterocycles. The summed E-state index contributed by atoms with van der Waals surface area (Å²) in [5, 5.41) is 4.99. The number of carbonyl (C=O) groups excluding carboxylic acids is 1. The number of anilines is 1. The number of nitrogens with one attached hydrogen (secondary N) is 2. The lowest BCUT2D eigenvalue weighted by atomic mass is 10.3. The zero-order valence-corrected chi connectivity index (χ0v) is 8.76. The van der Waals surface area contributed by atoms with Gasteiger partial charge in [0.05, 0.1) is 6.33 Å². The number of rotatable bonds is 2. The van der Waals surface area contributed by atoms with Gasteiger partial charge in [0, 0.05) is 0 Å². The Bertz CT molecular complexity index is 483. The predicted molar refractivity (Wildman–Crippen MR) is 54.5 cm³/mol. The summed E-state index contributed by atoms with van der Waals surface area (Å²) in [5.74, 6) is -0.348. The maximum atomic E-state index is 11.4. The van der Waals surface area contributed by atoms with E-state index < -0.39 is 19.7 Å². The third kappa shape index (κ3) is 2.09. The van der Waals surface area contributed by atoms with Gasteiger partial charge < -0.3 is 24.9 Å². The van der Waals surface area contributed by atoms with Crippen LogP contribution in [0.5, 0.6) is 0 Å². The van der Waals surface area contributed by atoms with Crippen molar-refractivity contribution in [3.63, 3.8) is 0 Å². The molecule has 0 aliphatic carbocycles. The molecule has 0 spiro atoms. The van der Waals surface area contributed by atoms with Crippen LogP contribution in [0.2, 0.25) is 0 Å². The molecule has 16 heavy (non-hydrogen) atoms. The first-order chi connectivity index (χ1) is 7.37. The number of hydrogen-bond donors (Lipinski definition) is 5. The minimum absolute atomic E-state index is 0.0337. The Morgan fingerprint density at radius 1 is 1.56 bits per heavy atom. The van der Waals surface area contributed by atoms with Crippen LogP contribution in [0.4, 0.5) is 5.82 Å². The molecule has 0 fully saturated rings. The summed E-state index contributed by atoms with van der Waals surface area (Å²) in [4.78, 5) is 32.6. The Labute approximate surface area is 90.4 Å². The molecule has 1 aliphatic heterocycles. The molecule has 1 aromatic rings. The van der Waals surface area contributed by atoms with Gasteiger partial charge in [-0.1, -0.05) is 0 Å². The van der Waals surface area contributed by atoms with E-state index in [1.807, 2.05) is 0 Å². The first kappa shape index (κ1) is 11.1. The zero-order valence-electron chi connectivity index (χ0n) is 7.86. The quantitative estimate of drug-likeness (QED) is 0.294. The molecule has 0 saturated heterocycles. The summed E-state index contributed by atoms with van der Waals surface area (Å²) in [5.41, 5.74) is 5.47. The van der Waals surface area contributed by atoms with Crippen molar-refractivity contribution < 1.29 is 19.1 Å². The second-order valence-electron chi connectivity index (χ2n) is 3.15. The van der Waals surface area contributed by atoms with Gasteiger partial charge in [-0.25, -0.2) is 4.98 Å². The first-order valence-electron chi connectivity index (χ1n) is 4.18. The van der Waals surface area contributed by atoms with Crippen LogP contribution in [-0.4, -0.2) is 38.6 Å². The van der Waals surface area contributed by atoms with Gasteiger partial charge in [-0.05, 0) is 0 Å². The Balaban J connectivity index is 2.37. The Morgan fingerprint density at radius 3 is 2.88 bits per heavy atom. The van der Waals surface area contributed by atoms with Crippen LogP contribution in [0, 0.1) is 0 Å². The number of carbonyl (C=O) groups is 1. The fraction of sp³-hybridized carbons (Fsp3) is 0.200. The Hall–Kier alpha value is -1.35. The van der Waals surface area contributed by atoms with Gasteiger partial charge in [0.15, 0.2) is 12.0 Å². The van der Waals surface area contributed by atoms with Crippen molar-refractivity contribution in [3.05, 3.63) is 12.0 Å². The third-order valence-corrected chi connectivity index (χ3v) is 2.41. The molecular formula is C5H8BN5O4P. The monoisotopic (exact) mass is 244 g/mol. The van der Waals surface area contributed by atoms with Crippen molar-refractivity contribution in [1.29, 1.82) is 0 Å². The number of fused-ring (bicyclic) bond motifs is 1. The number of amides is 1. The maximum Gasteiger partial charge on any atom is 0.410 e. The van der Waals surface area contributed by atoms with Crippen LogP contribution < -0.4 is 16.4 Å². The van der Waals surface area contributed by atoms with Crippen molar-refractivity contribution in [2.24, 2.45) is 5.73 Å². The summed E-state index contributed by atoms with van der Waals surface area (Å²) in [6, 6.07) is 0. The highest BCUT2D eigenvalue weighted by Crippen LogP contribution is 2.33. The van der Waals surface area contributed by atoms with E-state index in [0.29, 0.717) is 7.13 Å². The summed E-state index contributed by atoms with van der Waals surface area (Å²) < 4.78 is 11.8. The van der Waals surface area contributed by atoms with Crippen molar-refractivity contribution in [1.82, 2.24) is 14.8 Å². The van der Waals surface area contributed by atoms with E-state index in [0.717, 1.165) is 10.8 Å². The van der Waals surface area contributed by atoms with Crippen molar-refractivity contribution in [2.75, 3.05) is 5.32 Å². The van der Waals surface area contributed by atoms with E-state index in [2.05, 4.69) is 15.6 Å². The number of hydrogen-bond acceptors (Lipinski definition) is 5. The van der Waals surface area contributed by atoms with Crippen LogP contribution >= 0.6 is 7.47 Å². The van der Waals surface area contributed by atoms with Gasteiger partial charge in [-0.15, -0.1) is 0 Å². The molecule has 1 amide bonds. The molecule has 85 valence electrons. The van der Waals surface area contributed by atoms with Crippen LogP contribution in [0.15, 0.2) is 6.33 Å². The van der Waals surface area contributed by atoms with Gasteiger partial charge >= 0.3 is 7.13 Å². The number of imidazole rings is 1. The molecule has 1 aliphatic rings. The van der Waals surface area contributed by atoms with Crippen LogP contribution in [-0.2, 0) is 4.57 Å². The van der Waals surface area contributed by atoms with E-state index >= 15 is 0 Å². The largest absolute Gasteiger partial charge is 0.410 e. The Morgan fingerprint density at radius 2 is 2.25 bits per heavy atom. The summed E-state index contributed by atoms with van der Waals surface area (Å²) in [6.45, 7) is 0. The number of nitrogens with two attached hydrogens (primary N) is 1. The molecule has 9 nitrogen and oxygen atoms in total. The highest BCUT2D eigenvalue weighted by Gasteiger charge is 2.29. The van der Waals surface area contributed by atoms with Gasteiger partial charge in [-0.2, -0.15) is 0 Å². The lowest BCUT2D eigenvalue weighted by Crippen LogP contribution is -2.51. The van der Waals surface area contributed by atoms with Gasteiger partial charge in [0.25, 0.3) is 13.4 Å². The van der Waals surface area contributed by atoms with Crippen molar-refractivity contribution in [3.8, 4) is 0 Å². The smallest absolute Gasteiger partial charge is 0.353 e. The second kappa shape index (κ2) is 3.60. The van der Waals surface area contributed by atoms with Crippen LogP contribution in [0.3, 0.4) is 0 Å². The minimum Gasteiger partial charge on any atom is -0.353 e. The SMILES string of the molecule is NC1NC(=O)c2ncn([B]P(=O)(O)O)c2N1. The zero-order chi connectivity index (χ0) is 11.9. The highest BCUT2D eigenvalue weighted by molar-refractivity contribution is 7.81. The van der Waals surface area contributed by atoms with E-state index in [4.69, 9.17) is 15.5 Å². The third-order valence-electron chi connectivity index (χ3n) is 1.86. The minimum atomic E-state index is -4.35. The highest BCUT2D eigenvalue weighted by atomic mass is 31.2. The maximum absolute atomic E-state index is 11.4. The fourth-order valence-electron chi connectivity index (χ4n) is 1.31. The molecule has 0 aromatic carbocycles. The lowest BCUT2D eigenvalue weighted by Gasteiger charge is -2.22. The molecular weight excluding hydrogens is 236 g/mol. The normalized spacial score (nSPS) is 19.7. The second-order valence-corrected chi connectivity index (χ2v) is 4.56. The van der Waals surface area contributed by atoms with Crippen molar-refractivity contribution in [2.45, 2.75) is 6.29 Å². The van der Waals surface area contributed by atoms with E-state index in [1.54, 1.807) is 0 Å². The van der Waals surface area contributed by atoms with Crippen LogP contribution in [0.25, 0.3) is 0 Å². The van der Waals surface area contributed by atoms with E-state index in [9.17, 15) is 9.36 Å². The average molecular weight is 244 g/mol. The summed E-state index contributed by atoms with van der Waals surface area (Å²) >= 11 is 0. The van der Waals surface area contributed by atoms with Gasteiger partial charge in [-0.3, -0.25) is 15.1 Å².